The van der Waals surface area contributed by atoms with Crippen LogP contribution in [0.25, 0.3) is 33.4 Å². The Morgan fingerprint density at radius 3 is 1.85 bits per heavy atom. The number of hydrogen-bond acceptors (Lipinski definition) is 2. The van der Waals surface area contributed by atoms with Crippen molar-refractivity contribution in [3.05, 3.63) is 233 Å². The maximum Gasteiger partial charge on any atom is 0.0477 e. The van der Waals surface area contributed by atoms with Gasteiger partial charge in [-0.05, 0) is 153 Å². The summed E-state index contributed by atoms with van der Waals surface area (Å²) in [7, 11) is 0. The van der Waals surface area contributed by atoms with E-state index in [2.05, 4.69) is 245 Å². The molecule has 3 atom stereocenters. The first-order valence-electron chi connectivity index (χ1n) is 23.6. The first-order valence-corrected chi connectivity index (χ1v) is 23.6. The normalized spacial score (nSPS) is 20.1. The molecule has 8 aromatic rings. The van der Waals surface area contributed by atoms with Crippen molar-refractivity contribution in [3.63, 3.8) is 0 Å². The lowest BCUT2D eigenvalue weighted by atomic mass is 9.71. The van der Waals surface area contributed by atoms with E-state index in [0.717, 1.165) is 18.5 Å². The monoisotopic (exact) mass is 840 g/mol. The Labute approximate surface area is 385 Å². The van der Waals surface area contributed by atoms with Crippen molar-refractivity contribution in [2.24, 2.45) is 5.92 Å². The van der Waals surface area contributed by atoms with Crippen LogP contribution in [-0.2, 0) is 22.7 Å². The minimum atomic E-state index is -0.174. The van der Waals surface area contributed by atoms with E-state index in [1.165, 1.54) is 95.1 Å². The Bertz CT molecular complexity index is 3190. The molecule has 0 spiro atoms. The van der Waals surface area contributed by atoms with Gasteiger partial charge in [-0.1, -0.05) is 174 Å². The van der Waals surface area contributed by atoms with Gasteiger partial charge in [-0.15, -0.1) is 0 Å². The topological polar surface area (TPSA) is 6.48 Å². The Balaban J connectivity index is 0.910. The average molecular weight is 841 g/mol. The van der Waals surface area contributed by atoms with Crippen LogP contribution in [0.3, 0.4) is 0 Å². The summed E-state index contributed by atoms with van der Waals surface area (Å²) in [5, 5.41) is 0. The van der Waals surface area contributed by atoms with E-state index in [1.54, 1.807) is 0 Å². The van der Waals surface area contributed by atoms with Gasteiger partial charge in [-0.3, -0.25) is 0 Å². The molecule has 1 aliphatic heterocycles. The highest BCUT2D eigenvalue weighted by molar-refractivity contribution is 5.89. The predicted molar refractivity (Wildman–Crippen MR) is 274 cm³/mol. The van der Waals surface area contributed by atoms with E-state index >= 15 is 0 Å². The summed E-state index contributed by atoms with van der Waals surface area (Å²) >= 11 is 0. The van der Waals surface area contributed by atoms with Crippen LogP contribution < -0.4 is 9.80 Å². The van der Waals surface area contributed by atoms with Gasteiger partial charge >= 0.3 is 0 Å². The summed E-state index contributed by atoms with van der Waals surface area (Å²) < 4.78 is 0. The lowest BCUT2D eigenvalue weighted by Crippen LogP contribution is -2.42. The van der Waals surface area contributed by atoms with Crippen molar-refractivity contribution >= 4 is 28.4 Å². The number of benzene rings is 8. The molecule has 0 bridgehead atoms. The lowest BCUT2D eigenvalue weighted by Gasteiger charge is -2.39. The van der Waals surface area contributed by atoms with Crippen LogP contribution in [0.4, 0.5) is 28.4 Å². The molecule has 0 saturated carbocycles. The van der Waals surface area contributed by atoms with Gasteiger partial charge in [0.25, 0.3) is 0 Å². The Hall–Kier alpha value is -6.90. The highest BCUT2D eigenvalue weighted by Crippen LogP contribution is 2.56. The summed E-state index contributed by atoms with van der Waals surface area (Å²) in [6.45, 7) is 14.4. The summed E-state index contributed by atoms with van der Waals surface area (Å²) in [5.74, 6) is 0.562. The molecule has 3 aliphatic carbocycles. The maximum atomic E-state index is 2.62. The molecule has 3 unspecified atom stereocenters. The van der Waals surface area contributed by atoms with E-state index in [9.17, 15) is 0 Å². The molecule has 12 rings (SSSR count). The van der Waals surface area contributed by atoms with Crippen molar-refractivity contribution in [2.45, 2.75) is 76.7 Å². The molecule has 1 heterocycles. The van der Waals surface area contributed by atoms with Crippen molar-refractivity contribution in [2.75, 3.05) is 9.80 Å². The molecule has 0 saturated heterocycles. The van der Waals surface area contributed by atoms with Crippen LogP contribution in [0.15, 0.2) is 194 Å². The zero-order valence-electron chi connectivity index (χ0n) is 38.4. The molecule has 0 aromatic heterocycles. The number of fused-ring (bicyclic) bond motifs is 9. The maximum absolute atomic E-state index is 2.62. The smallest absolute Gasteiger partial charge is 0.0477 e. The number of hydrogen-bond donors (Lipinski definition) is 0. The van der Waals surface area contributed by atoms with Crippen LogP contribution >= 0.6 is 0 Å². The molecule has 2 nitrogen and oxygen atoms in total. The molecule has 0 N–H and O–H groups in total. The highest BCUT2D eigenvalue weighted by Gasteiger charge is 2.48. The van der Waals surface area contributed by atoms with Gasteiger partial charge in [0, 0.05) is 50.7 Å². The zero-order chi connectivity index (χ0) is 44.2. The standard InChI is InChI=1S/C63H56N2/c1-41-35-36-63(6)54-20-12-13-22-58(54)65(59(63)37-41)47-27-23-42(24-28-47)38-45-17-14-21-55-60(45)52-34-32-49(40-57(52)62(55,4)5)64(46-29-25-44(26-30-46)43-15-8-7-9-16-43)48-31-33-51-50-18-10-11-19-53(50)61(2,3)56(51)39-48/h7-36,39-41,59H,37-38H2,1-6H3. The highest BCUT2D eigenvalue weighted by atomic mass is 15.2. The third-order valence-corrected chi connectivity index (χ3v) is 15.8. The second kappa shape index (κ2) is 14.6. The predicted octanol–water partition coefficient (Wildman–Crippen LogP) is 16.4. The fourth-order valence-electron chi connectivity index (χ4n) is 12.3. The van der Waals surface area contributed by atoms with Gasteiger partial charge in [0.2, 0.25) is 0 Å². The second-order valence-electron chi connectivity index (χ2n) is 20.4. The number of rotatable bonds is 7. The number of nitrogens with zero attached hydrogens (tertiary/aromatic N) is 2. The third-order valence-electron chi connectivity index (χ3n) is 15.8. The summed E-state index contributed by atoms with van der Waals surface area (Å²) in [6.07, 6.45) is 6.93. The minimum absolute atomic E-state index is 0.0150. The van der Waals surface area contributed by atoms with Crippen LogP contribution in [0.1, 0.15) is 86.9 Å². The molecule has 0 fully saturated rings. The number of allylic oxidation sites excluding steroid dienone is 1. The first kappa shape index (κ1) is 39.7. The lowest BCUT2D eigenvalue weighted by molar-refractivity contribution is 0.394. The Morgan fingerprint density at radius 2 is 1.09 bits per heavy atom. The Kier molecular flexibility index (Phi) is 8.89. The number of para-hydroxylation sites is 1. The van der Waals surface area contributed by atoms with Gasteiger partial charge < -0.3 is 9.80 Å². The quantitative estimate of drug-likeness (QED) is 0.148. The van der Waals surface area contributed by atoms with Crippen molar-refractivity contribution < 1.29 is 0 Å². The van der Waals surface area contributed by atoms with Crippen LogP contribution in [0.5, 0.6) is 0 Å². The fourth-order valence-corrected chi connectivity index (χ4v) is 12.3. The van der Waals surface area contributed by atoms with Crippen molar-refractivity contribution in [1.82, 2.24) is 0 Å². The molecular formula is C63H56N2. The van der Waals surface area contributed by atoms with Gasteiger partial charge in [0.05, 0.1) is 0 Å². The molecule has 2 heteroatoms. The minimum Gasteiger partial charge on any atom is -0.337 e. The van der Waals surface area contributed by atoms with Crippen molar-refractivity contribution in [1.29, 1.82) is 0 Å². The summed E-state index contributed by atoms with van der Waals surface area (Å²) in [4.78, 5) is 5.10. The zero-order valence-corrected chi connectivity index (χ0v) is 38.4. The fraction of sp³-hybridized carbons (Fsp3) is 0.206. The van der Waals surface area contributed by atoms with Gasteiger partial charge in [0.1, 0.15) is 0 Å². The average Bonchev–Trinajstić information content (AvgIpc) is 3.83. The van der Waals surface area contributed by atoms with Crippen LogP contribution in [-0.4, -0.2) is 6.04 Å². The molecule has 4 aliphatic rings. The number of anilines is 5. The summed E-state index contributed by atoms with van der Waals surface area (Å²) in [5.41, 5.74) is 23.4. The summed E-state index contributed by atoms with van der Waals surface area (Å²) in [6, 6.07) is 69.0. The molecule has 0 amide bonds. The first-order chi connectivity index (χ1) is 31.5. The van der Waals surface area contributed by atoms with Crippen molar-refractivity contribution in [3.8, 4) is 33.4 Å². The van der Waals surface area contributed by atoms with Crippen LogP contribution in [0, 0.1) is 5.92 Å². The largest absolute Gasteiger partial charge is 0.337 e. The van der Waals surface area contributed by atoms with Crippen LogP contribution in [0.2, 0.25) is 0 Å². The SMILES string of the molecule is CC1C=CC2(C)c3ccccc3N(c3ccc(Cc4cccc5c4-c4ccc(N(c6ccc(-c7ccccc7)cc6)c6ccc7c(c6)C(C)(C)c6ccccc6-7)cc4C5(C)C)cc3)C2C1. The van der Waals surface area contributed by atoms with Gasteiger partial charge in [-0.2, -0.15) is 0 Å². The third kappa shape index (κ3) is 6.06. The van der Waals surface area contributed by atoms with E-state index < -0.39 is 0 Å². The van der Waals surface area contributed by atoms with E-state index in [0.29, 0.717) is 12.0 Å². The molecular weight excluding hydrogens is 785 g/mol. The van der Waals surface area contributed by atoms with Gasteiger partial charge in [0.15, 0.2) is 0 Å². The molecule has 0 radical (unpaired) electrons. The van der Waals surface area contributed by atoms with E-state index in [1.807, 2.05) is 0 Å². The molecule has 318 valence electrons. The van der Waals surface area contributed by atoms with E-state index in [-0.39, 0.29) is 16.2 Å². The molecule has 65 heavy (non-hydrogen) atoms. The molecule has 8 aromatic carbocycles. The second-order valence-corrected chi connectivity index (χ2v) is 20.4. The Morgan fingerprint density at radius 1 is 0.508 bits per heavy atom. The van der Waals surface area contributed by atoms with Gasteiger partial charge in [-0.25, -0.2) is 0 Å². The van der Waals surface area contributed by atoms with E-state index in [4.69, 9.17) is 0 Å².